The molecular formula is C11H22N2O3. The van der Waals surface area contributed by atoms with Gasteiger partial charge in [0.25, 0.3) is 5.91 Å². The molecule has 1 aliphatic carbocycles. The fourth-order valence-corrected chi connectivity index (χ4v) is 2.11. The van der Waals surface area contributed by atoms with Crippen LogP contribution >= 0.6 is 0 Å². The third-order valence-corrected chi connectivity index (χ3v) is 3.07. The molecule has 3 atom stereocenters. The summed E-state index contributed by atoms with van der Waals surface area (Å²) < 4.78 is 11.1. The summed E-state index contributed by atoms with van der Waals surface area (Å²) in [6.45, 7) is 1.91. The van der Waals surface area contributed by atoms with Crippen LogP contribution in [0.2, 0.25) is 0 Å². The van der Waals surface area contributed by atoms with Gasteiger partial charge in [-0.1, -0.05) is 6.92 Å². The lowest BCUT2D eigenvalue weighted by molar-refractivity contribution is -0.140. The first-order valence-electron chi connectivity index (χ1n) is 5.90. The Bertz CT molecular complexity index is 223. The maximum absolute atomic E-state index is 11.4. The summed E-state index contributed by atoms with van der Waals surface area (Å²) in [5, 5.41) is 0. The molecule has 0 aromatic carbocycles. The van der Waals surface area contributed by atoms with Crippen molar-refractivity contribution < 1.29 is 14.3 Å². The van der Waals surface area contributed by atoms with E-state index in [2.05, 4.69) is 5.43 Å². The molecule has 0 radical (unpaired) electrons. The molecule has 1 amide bonds. The van der Waals surface area contributed by atoms with Gasteiger partial charge in [-0.3, -0.25) is 10.2 Å². The van der Waals surface area contributed by atoms with Crippen molar-refractivity contribution in [1.82, 2.24) is 5.43 Å². The van der Waals surface area contributed by atoms with Crippen LogP contribution in [0.5, 0.6) is 0 Å². The Morgan fingerprint density at radius 2 is 2.19 bits per heavy atom. The van der Waals surface area contributed by atoms with Crippen molar-refractivity contribution in [2.45, 2.75) is 57.3 Å². The molecule has 0 aliphatic heterocycles. The highest BCUT2D eigenvalue weighted by Crippen LogP contribution is 2.24. The van der Waals surface area contributed by atoms with E-state index in [1.54, 1.807) is 7.11 Å². The summed E-state index contributed by atoms with van der Waals surface area (Å²) in [5.41, 5.74) is 2.14. The van der Waals surface area contributed by atoms with Gasteiger partial charge in [0.15, 0.2) is 0 Å². The van der Waals surface area contributed by atoms with Crippen molar-refractivity contribution in [1.29, 1.82) is 0 Å². The second kappa shape index (κ2) is 6.83. The summed E-state index contributed by atoms with van der Waals surface area (Å²) in [4.78, 5) is 11.4. The van der Waals surface area contributed by atoms with Crippen LogP contribution in [0, 0.1) is 0 Å². The molecule has 1 saturated carbocycles. The van der Waals surface area contributed by atoms with Crippen LogP contribution in [-0.4, -0.2) is 31.3 Å². The fourth-order valence-electron chi connectivity index (χ4n) is 2.11. The Balaban J connectivity index is 2.42. The van der Waals surface area contributed by atoms with Crippen molar-refractivity contribution in [2.75, 3.05) is 7.11 Å². The second-order valence-corrected chi connectivity index (χ2v) is 4.19. The Kier molecular flexibility index (Phi) is 5.73. The largest absolute Gasteiger partial charge is 0.381 e. The smallest absolute Gasteiger partial charge is 0.262 e. The van der Waals surface area contributed by atoms with Gasteiger partial charge in [0, 0.05) is 7.11 Å². The lowest BCUT2D eigenvalue weighted by atomic mass is 9.94. The molecular weight excluding hydrogens is 208 g/mol. The average Bonchev–Trinajstić information content (AvgIpc) is 2.35. The van der Waals surface area contributed by atoms with Crippen molar-refractivity contribution in [3.63, 3.8) is 0 Å². The van der Waals surface area contributed by atoms with Gasteiger partial charge in [0.05, 0.1) is 12.2 Å². The summed E-state index contributed by atoms with van der Waals surface area (Å²) in [7, 11) is 1.72. The molecule has 0 aromatic rings. The highest BCUT2D eigenvalue weighted by atomic mass is 16.5. The van der Waals surface area contributed by atoms with E-state index in [4.69, 9.17) is 15.3 Å². The number of carbonyl (C=O) groups excluding carboxylic acids is 1. The zero-order valence-electron chi connectivity index (χ0n) is 10.1. The molecule has 0 spiro atoms. The molecule has 5 nitrogen and oxygen atoms in total. The van der Waals surface area contributed by atoms with E-state index in [-0.39, 0.29) is 18.1 Å². The van der Waals surface area contributed by atoms with Crippen LogP contribution in [0.15, 0.2) is 0 Å². The number of hydrogen-bond donors (Lipinski definition) is 2. The number of nitrogens with two attached hydrogens (primary N) is 1. The van der Waals surface area contributed by atoms with E-state index in [1.807, 2.05) is 6.92 Å². The summed E-state index contributed by atoms with van der Waals surface area (Å²) in [5.74, 6) is 4.85. The van der Waals surface area contributed by atoms with E-state index in [0.29, 0.717) is 6.42 Å². The molecule has 0 aromatic heterocycles. The van der Waals surface area contributed by atoms with E-state index >= 15 is 0 Å². The predicted molar refractivity (Wildman–Crippen MR) is 60.5 cm³/mol. The monoisotopic (exact) mass is 230 g/mol. The first-order valence-corrected chi connectivity index (χ1v) is 5.90. The van der Waals surface area contributed by atoms with Gasteiger partial charge in [0.1, 0.15) is 6.10 Å². The van der Waals surface area contributed by atoms with Gasteiger partial charge in [-0.15, -0.1) is 0 Å². The topological polar surface area (TPSA) is 73.6 Å². The van der Waals surface area contributed by atoms with Crippen LogP contribution in [-0.2, 0) is 14.3 Å². The number of carbonyl (C=O) groups is 1. The highest BCUT2D eigenvalue weighted by molar-refractivity contribution is 5.80. The van der Waals surface area contributed by atoms with E-state index in [0.717, 1.165) is 25.7 Å². The van der Waals surface area contributed by atoms with Gasteiger partial charge in [-0.05, 0) is 32.1 Å². The minimum absolute atomic E-state index is 0.112. The van der Waals surface area contributed by atoms with Crippen molar-refractivity contribution >= 4 is 5.91 Å². The minimum Gasteiger partial charge on any atom is -0.381 e. The van der Waals surface area contributed by atoms with Crippen LogP contribution in [0.1, 0.15) is 39.0 Å². The molecule has 1 aliphatic rings. The molecule has 16 heavy (non-hydrogen) atoms. The Morgan fingerprint density at radius 1 is 1.50 bits per heavy atom. The number of ether oxygens (including phenoxy) is 2. The lowest BCUT2D eigenvalue weighted by Crippen LogP contribution is -2.43. The summed E-state index contributed by atoms with van der Waals surface area (Å²) >= 11 is 0. The van der Waals surface area contributed by atoms with Gasteiger partial charge in [-0.2, -0.15) is 0 Å². The summed E-state index contributed by atoms with van der Waals surface area (Å²) in [6.07, 6.45) is 4.60. The minimum atomic E-state index is -0.439. The average molecular weight is 230 g/mol. The molecule has 5 heteroatoms. The van der Waals surface area contributed by atoms with Gasteiger partial charge in [0.2, 0.25) is 0 Å². The number of nitrogens with one attached hydrogen (secondary N) is 1. The lowest BCUT2D eigenvalue weighted by Gasteiger charge is -2.30. The standard InChI is InChI=1S/C11H22N2O3/c1-3-10(11(14)13-12)16-9-6-4-5-8(7-9)15-2/h8-10H,3-7,12H2,1-2H3,(H,13,14). The Labute approximate surface area is 96.6 Å². The summed E-state index contributed by atoms with van der Waals surface area (Å²) in [6, 6.07) is 0. The zero-order valence-corrected chi connectivity index (χ0v) is 10.1. The second-order valence-electron chi connectivity index (χ2n) is 4.19. The van der Waals surface area contributed by atoms with Gasteiger partial charge < -0.3 is 9.47 Å². The highest BCUT2D eigenvalue weighted by Gasteiger charge is 2.26. The Hall–Kier alpha value is -0.650. The molecule has 3 N–H and O–H groups in total. The van der Waals surface area contributed by atoms with E-state index in [1.165, 1.54) is 0 Å². The number of rotatable bonds is 5. The molecule has 1 fully saturated rings. The molecule has 3 unspecified atom stereocenters. The number of amides is 1. The number of hydrazine groups is 1. The predicted octanol–water partition coefficient (Wildman–Crippen LogP) is 0.729. The zero-order chi connectivity index (χ0) is 12.0. The molecule has 1 rings (SSSR count). The first-order chi connectivity index (χ1) is 7.71. The molecule has 94 valence electrons. The van der Waals surface area contributed by atoms with Gasteiger partial charge >= 0.3 is 0 Å². The van der Waals surface area contributed by atoms with Crippen molar-refractivity contribution in [3.05, 3.63) is 0 Å². The Morgan fingerprint density at radius 3 is 2.75 bits per heavy atom. The van der Waals surface area contributed by atoms with E-state index in [9.17, 15) is 4.79 Å². The molecule has 0 heterocycles. The maximum atomic E-state index is 11.4. The quantitative estimate of drug-likeness (QED) is 0.415. The third-order valence-electron chi connectivity index (χ3n) is 3.07. The van der Waals surface area contributed by atoms with Crippen LogP contribution < -0.4 is 11.3 Å². The number of methoxy groups -OCH3 is 1. The normalized spacial score (nSPS) is 27.4. The van der Waals surface area contributed by atoms with Crippen molar-refractivity contribution in [3.8, 4) is 0 Å². The molecule has 0 saturated heterocycles. The van der Waals surface area contributed by atoms with Crippen LogP contribution in [0.3, 0.4) is 0 Å². The first kappa shape index (κ1) is 13.4. The van der Waals surface area contributed by atoms with E-state index < -0.39 is 6.10 Å². The van der Waals surface area contributed by atoms with Crippen LogP contribution in [0.4, 0.5) is 0 Å². The van der Waals surface area contributed by atoms with Crippen molar-refractivity contribution in [2.24, 2.45) is 5.84 Å². The van der Waals surface area contributed by atoms with Gasteiger partial charge in [-0.25, -0.2) is 5.84 Å². The fraction of sp³-hybridized carbons (Fsp3) is 0.909. The number of hydrogen-bond acceptors (Lipinski definition) is 4. The maximum Gasteiger partial charge on any atom is 0.262 e. The van der Waals surface area contributed by atoms with Crippen LogP contribution in [0.25, 0.3) is 0 Å². The SMILES string of the molecule is CCC(OC1CCCC(OC)C1)C(=O)NN. The third kappa shape index (κ3) is 3.73. The molecule has 0 bridgehead atoms.